The van der Waals surface area contributed by atoms with Crippen molar-refractivity contribution in [1.29, 1.82) is 0 Å². The fourth-order valence-corrected chi connectivity index (χ4v) is 2.60. The molecule has 0 aliphatic carbocycles. The normalized spacial score (nSPS) is 18.3. The lowest BCUT2D eigenvalue weighted by Gasteiger charge is -2.35. The molecule has 0 unspecified atom stereocenters. The number of aromatic nitrogens is 3. The zero-order valence-corrected chi connectivity index (χ0v) is 10.9. The van der Waals surface area contributed by atoms with Crippen molar-refractivity contribution in [3.63, 3.8) is 0 Å². The SMILES string of the molecule is c1ccc([C@@H](Cn2cncn2)N2CCNCC2)cc1. The largest absolute Gasteiger partial charge is 0.314 e. The molecule has 0 amide bonds. The zero-order valence-electron chi connectivity index (χ0n) is 10.9. The third kappa shape index (κ3) is 3.00. The first-order chi connectivity index (χ1) is 9.43. The first-order valence-corrected chi connectivity index (χ1v) is 6.75. The standard InChI is InChI=1S/C14H19N5/c1-2-4-13(5-3-1)14(10-19-12-16-11-17-19)18-8-6-15-7-9-18/h1-5,11-12,14-15H,6-10H2/t14-/m1/s1. The van der Waals surface area contributed by atoms with E-state index in [0.717, 1.165) is 32.7 Å². The van der Waals surface area contributed by atoms with E-state index in [1.54, 1.807) is 12.7 Å². The van der Waals surface area contributed by atoms with Crippen LogP contribution in [0.1, 0.15) is 11.6 Å². The Bertz CT molecular complexity index is 476. The van der Waals surface area contributed by atoms with E-state index in [0.29, 0.717) is 6.04 Å². The summed E-state index contributed by atoms with van der Waals surface area (Å²) in [5, 5.41) is 7.64. The quantitative estimate of drug-likeness (QED) is 0.885. The topological polar surface area (TPSA) is 46.0 Å². The van der Waals surface area contributed by atoms with Gasteiger partial charge in [0.2, 0.25) is 0 Å². The van der Waals surface area contributed by atoms with Crippen LogP contribution in [0.25, 0.3) is 0 Å². The molecule has 0 radical (unpaired) electrons. The number of piperazine rings is 1. The van der Waals surface area contributed by atoms with Gasteiger partial charge in [0.25, 0.3) is 0 Å². The first-order valence-electron chi connectivity index (χ1n) is 6.75. The van der Waals surface area contributed by atoms with E-state index >= 15 is 0 Å². The van der Waals surface area contributed by atoms with Crippen LogP contribution in [-0.2, 0) is 6.54 Å². The van der Waals surface area contributed by atoms with Gasteiger partial charge in [-0.1, -0.05) is 30.3 Å². The molecule has 1 aliphatic rings. The van der Waals surface area contributed by atoms with Gasteiger partial charge >= 0.3 is 0 Å². The lowest BCUT2D eigenvalue weighted by atomic mass is 10.0. The molecule has 100 valence electrons. The third-order valence-corrected chi connectivity index (χ3v) is 3.60. The van der Waals surface area contributed by atoms with Gasteiger partial charge in [0.1, 0.15) is 12.7 Å². The van der Waals surface area contributed by atoms with E-state index in [-0.39, 0.29) is 0 Å². The van der Waals surface area contributed by atoms with Crippen LogP contribution in [-0.4, -0.2) is 45.8 Å². The van der Waals surface area contributed by atoms with E-state index in [1.165, 1.54) is 5.56 Å². The smallest absolute Gasteiger partial charge is 0.137 e. The van der Waals surface area contributed by atoms with Crippen molar-refractivity contribution in [3.05, 3.63) is 48.5 Å². The van der Waals surface area contributed by atoms with Crippen LogP contribution in [0.15, 0.2) is 43.0 Å². The van der Waals surface area contributed by atoms with Crippen LogP contribution in [0, 0.1) is 0 Å². The molecule has 1 aliphatic heterocycles. The van der Waals surface area contributed by atoms with Gasteiger partial charge in [-0.05, 0) is 5.56 Å². The molecule has 0 saturated carbocycles. The summed E-state index contributed by atoms with van der Waals surface area (Å²) in [7, 11) is 0. The van der Waals surface area contributed by atoms with Crippen molar-refractivity contribution in [3.8, 4) is 0 Å². The lowest BCUT2D eigenvalue weighted by molar-refractivity contribution is 0.154. The predicted octanol–water partition coefficient (Wildman–Crippen LogP) is 0.925. The van der Waals surface area contributed by atoms with Gasteiger partial charge in [-0.25, -0.2) is 4.98 Å². The molecule has 1 N–H and O–H groups in total. The van der Waals surface area contributed by atoms with Gasteiger partial charge in [0.05, 0.1) is 12.6 Å². The second-order valence-corrected chi connectivity index (χ2v) is 4.83. The van der Waals surface area contributed by atoms with Crippen molar-refractivity contribution in [1.82, 2.24) is 25.0 Å². The number of hydrogen-bond acceptors (Lipinski definition) is 4. The average molecular weight is 257 g/mol. The molecular formula is C14H19N5. The Morgan fingerprint density at radius 1 is 1.16 bits per heavy atom. The summed E-state index contributed by atoms with van der Waals surface area (Å²) >= 11 is 0. The number of benzene rings is 1. The third-order valence-electron chi connectivity index (χ3n) is 3.60. The summed E-state index contributed by atoms with van der Waals surface area (Å²) in [4.78, 5) is 6.56. The highest BCUT2D eigenvalue weighted by Crippen LogP contribution is 2.22. The van der Waals surface area contributed by atoms with Gasteiger partial charge < -0.3 is 5.32 Å². The van der Waals surface area contributed by atoms with Crippen molar-refractivity contribution >= 4 is 0 Å². The van der Waals surface area contributed by atoms with Crippen LogP contribution in [0.5, 0.6) is 0 Å². The Kier molecular flexibility index (Phi) is 3.86. The summed E-state index contributed by atoms with van der Waals surface area (Å²) in [5.41, 5.74) is 1.35. The van der Waals surface area contributed by atoms with Crippen LogP contribution in [0.3, 0.4) is 0 Å². The molecule has 3 rings (SSSR count). The molecule has 1 atom stereocenters. The van der Waals surface area contributed by atoms with Crippen molar-refractivity contribution in [2.24, 2.45) is 0 Å². The minimum atomic E-state index is 0.366. The predicted molar refractivity (Wildman–Crippen MR) is 73.6 cm³/mol. The lowest BCUT2D eigenvalue weighted by Crippen LogP contribution is -2.46. The van der Waals surface area contributed by atoms with Crippen molar-refractivity contribution in [2.45, 2.75) is 12.6 Å². The Hall–Kier alpha value is -1.72. The molecule has 1 fully saturated rings. The maximum atomic E-state index is 4.24. The van der Waals surface area contributed by atoms with Crippen LogP contribution < -0.4 is 5.32 Å². The Labute approximate surface area is 113 Å². The monoisotopic (exact) mass is 257 g/mol. The molecule has 2 aromatic rings. The summed E-state index contributed by atoms with van der Waals surface area (Å²) in [6, 6.07) is 11.0. The number of nitrogens with one attached hydrogen (secondary N) is 1. The highest BCUT2D eigenvalue weighted by atomic mass is 15.3. The fourth-order valence-electron chi connectivity index (χ4n) is 2.60. The number of hydrogen-bond donors (Lipinski definition) is 1. The average Bonchev–Trinajstić information content (AvgIpc) is 3.00. The second-order valence-electron chi connectivity index (χ2n) is 4.83. The molecule has 0 bridgehead atoms. The molecule has 5 heteroatoms. The van der Waals surface area contributed by atoms with Gasteiger partial charge in [-0.2, -0.15) is 5.10 Å². The molecule has 2 heterocycles. The molecule has 1 aromatic heterocycles. The van der Waals surface area contributed by atoms with E-state index in [2.05, 4.69) is 50.6 Å². The number of rotatable bonds is 4. The molecule has 5 nitrogen and oxygen atoms in total. The zero-order chi connectivity index (χ0) is 12.9. The van der Waals surface area contributed by atoms with E-state index < -0.39 is 0 Å². The van der Waals surface area contributed by atoms with Gasteiger partial charge in [-0.15, -0.1) is 0 Å². The minimum Gasteiger partial charge on any atom is -0.314 e. The summed E-state index contributed by atoms with van der Waals surface area (Å²) in [6.07, 6.45) is 3.39. The van der Waals surface area contributed by atoms with Crippen LogP contribution in [0.4, 0.5) is 0 Å². The maximum Gasteiger partial charge on any atom is 0.137 e. The van der Waals surface area contributed by atoms with Gasteiger partial charge in [-0.3, -0.25) is 9.58 Å². The van der Waals surface area contributed by atoms with E-state index in [4.69, 9.17) is 0 Å². The summed E-state index contributed by atoms with van der Waals surface area (Å²) in [5.74, 6) is 0. The molecule has 1 aromatic carbocycles. The second kappa shape index (κ2) is 5.95. The van der Waals surface area contributed by atoms with E-state index in [9.17, 15) is 0 Å². The fraction of sp³-hybridized carbons (Fsp3) is 0.429. The van der Waals surface area contributed by atoms with Gasteiger partial charge in [0, 0.05) is 26.2 Å². The Balaban J connectivity index is 1.82. The molecule has 0 spiro atoms. The summed E-state index contributed by atoms with van der Waals surface area (Å²) in [6.45, 7) is 5.12. The summed E-state index contributed by atoms with van der Waals surface area (Å²) < 4.78 is 1.92. The molecular weight excluding hydrogens is 238 g/mol. The maximum absolute atomic E-state index is 4.24. The molecule has 19 heavy (non-hydrogen) atoms. The molecule has 1 saturated heterocycles. The van der Waals surface area contributed by atoms with Crippen LogP contribution in [0.2, 0.25) is 0 Å². The highest BCUT2D eigenvalue weighted by molar-refractivity contribution is 5.19. The Morgan fingerprint density at radius 2 is 1.95 bits per heavy atom. The Morgan fingerprint density at radius 3 is 2.63 bits per heavy atom. The first kappa shape index (κ1) is 12.3. The van der Waals surface area contributed by atoms with Gasteiger partial charge in [0.15, 0.2) is 0 Å². The van der Waals surface area contributed by atoms with E-state index in [1.807, 2.05) is 4.68 Å². The minimum absolute atomic E-state index is 0.366. The van der Waals surface area contributed by atoms with Crippen molar-refractivity contribution in [2.75, 3.05) is 26.2 Å². The number of nitrogens with zero attached hydrogens (tertiary/aromatic N) is 4. The highest BCUT2D eigenvalue weighted by Gasteiger charge is 2.22. The van der Waals surface area contributed by atoms with Crippen molar-refractivity contribution < 1.29 is 0 Å². The van der Waals surface area contributed by atoms with Crippen LogP contribution >= 0.6 is 0 Å².